The number of piperidine rings is 1. The van der Waals surface area contributed by atoms with Crippen LogP contribution in [-0.4, -0.2) is 38.1 Å². The van der Waals surface area contributed by atoms with Crippen LogP contribution >= 0.6 is 24.8 Å². The molecule has 4 nitrogen and oxygen atoms in total. The summed E-state index contributed by atoms with van der Waals surface area (Å²) in [5, 5.41) is 9.64. The van der Waals surface area contributed by atoms with E-state index in [4.69, 9.17) is 0 Å². The first kappa shape index (κ1) is 17.0. The fourth-order valence-electron chi connectivity index (χ4n) is 2.24. The standard InChI is InChI=1S/C11H21N3O.2ClH/c1-8(9-3-2-4-12-5-9)14-11(15)10-6-13-7-10;;/h8-10,12-13H,2-7H2,1H3,(H,14,15);2*1H. The molecule has 2 heterocycles. The molecular weight excluding hydrogens is 261 g/mol. The second-order valence-corrected chi connectivity index (χ2v) is 4.76. The van der Waals surface area contributed by atoms with Crippen LogP contribution < -0.4 is 16.0 Å². The Morgan fingerprint density at radius 3 is 2.41 bits per heavy atom. The second kappa shape index (κ2) is 8.14. The van der Waals surface area contributed by atoms with Gasteiger partial charge in [0.2, 0.25) is 5.91 Å². The van der Waals surface area contributed by atoms with Gasteiger partial charge in [-0.2, -0.15) is 0 Å². The smallest absolute Gasteiger partial charge is 0.225 e. The highest BCUT2D eigenvalue weighted by Gasteiger charge is 2.28. The zero-order chi connectivity index (χ0) is 10.7. The quantitative estimate of drug-likeness (QED) is 0.709. The summed E-state index contributed by atoms with van der Waals surface area (Å²) in [5.74, 6) is 1.05. The van der Waals surface area contributed by atoms with Crippen molar-refractivity contribution in [2.75, 3.05) is 26.2 Å². The van der Waals surface area contributed by atoms with Gasteiger partial charge in [-0.05, 0) is 38.8 Å². The summed E-state index contributed by atoms with van der Waals surface area (Å²) < 4.78 is 0. The molecule has 0 aliphatic carbocycles. The van der Waals surface area contributed by atoms with E-state index < -0.39 is 0 Å². The minimum absolute atomic E-state index is 0. The molecule has 0 saturated carbocycles. The Hall–Kier alpha value is -0.0300. The Bertz CT molecular complexity index is 231. The molecule has 2 aliphatic heterocycles. The summed E-state index contributed by atoms with van der Waals surface area (Å²) in [6.45, 7) is 6.00. The zero-order valence-corrected chi connectivity index (χ0v) is 11.8. The van der Waals surface area contributed by atoms with Gasteiger partial charge in [-0.15, -0.1) is 24.8 Å². The number of rotatable bonds is 3. The molecule has 102 valence electrons. The Balaban J connectivity index is 0.00000128. The SMILES string of the molecule is CC(NC(=O)C1CNC1)C1CCCNC1.Cl.Cl. The van der Waals surface area contributed by atoms with Gasteiger partial charge in [-0.3, -0.25) is 4.79 Å². The molecular formula is C11H23Cl2N3O. The van der Waals surface area contributed by atoms with Gasteiger partial charge in [-0.25, -0.2) is 0 Å². The first-order chi connectivity index (χ1) is 7.27. The van der Waals surface area contributed by atoms with Crippen LogP contribution in [0.15, 0.2) is 0 Å². The normalized spacial score (nSPS) is 25.8. The number of carbonyl (C=O) groups is 1. The van der Waals surface area contributed by atoms with Gasteiger partial charge in [-0.1, -0.05) is 0 Å². The third-order valence-electron chi connectivity index (χ3n) is 3.56. The molecule has 6 heteroatoms. The number of nitrogens with one attached hydrogen (secondary N) is 3. The molecule has 0 bridgehead atoms. The van der Waals surface area contributed by atoms with Gasteiger partial charge in [0, 0.05) is 19.1 Å². The topological polar surface area (TPSA) is 53.2 Å². The maximum Gasteiger partial charge on any atom is 0.225 e. The molecule has 17 heavy (non-hydrogen) atoms. The van der Waals surface area contributed by atoms with E-state index in [-0.39, 0.29) is 36.6 Å². The van der Waals surface area contributed by atoms with Crippen LogP contribution in [0.2, 0.25) is 0 Å². The largest absolute Gasteiger partial charge is 0.353 e. The van der Waals surface area contributed by atoms with E-state index >= 15 is 0 Å². The molecule has 0 radical (unpaired) electrons. The predicted molar refractivity (Wildman–Crippen MR) is 74.1 cm³/mol. The molecule has 0 aromatic carbocycles. The molecule has 0 aromatic rings. The lowest BCUT2D eigenvalue weighted by Gasteiger charge is -2.32. The van der Waals surface area contributed by atoms with Crippen molar-refractivity contribution >= 4 is 30.7 Å². The lowest BCUT2D eigenvalue weighted by Crippen LogP contribution is -2.54. The van der Waals surface area contributed by atoms with Gasteiger partial charge < -0.3 is 16.0 Å². The van der Waals surface area contributed by atoms with Gasteiger partial charge in [0.25, 0.3) is 0 Å². The first-order valence-electron chi connectivity index (χ1n) is 5.99. The van der Waals surface area contributed by atoms with Gasteiger partial charge in [0.1, 0.15) is 0 Å². The van der Waals surface area contributed by atoms with Crippen molar-refractivity contribution in [2.45, 2.75) is 25.8 Å². The van der Waals surface area contributed by atoms with Crippen LogP contribution in [0, 0.1) is 11.8 Å². The summed E-state index contributed by atoms with van der Waals surface area (Å²) in [4.78, 5) is 11.7. The van der Waals surface area contributed by atoms with Crippen LogP contribution in [0.3, 0.4) is 0 Å². The molecule has 3 N–H and O–H groups in total. The summed E-state index contributed by atoms with van der Waals surface area (Å²) >= 11 is 0. The van der Waals surface area contributed by atoms with E-state index in [1.807, 2.05) is 0 Å². The maximum atomic E-state index is 11.7. The fraction of sp³-hybridized carbons (Fsp3) is 0.909. The first-order valence-corrected chi connectivity index (χ1v) is 5.99. The average Bonchev–Trinajstić information content (AvgIpc) is 2.16. The van der Waals surface area contributed by atoms with Crippen LogP contribution in [0.1, 0.15) is 19.8 Å². The third-order valence-corrected chi connectivity index (χ3v) is 3.56. The Labute approximate surface area is 115 Å². The maximum absolute atomic E-state index is 11.7. The molecule has 0 spiro atoms. The summed E-state index contributed by atoms with van der Waals surface area (Å²) in [6.07, 6.45) is 2.47. The van der Waals surface area contributed by atoms with E-state index in [1.54, 1.807) is 0 Å². The Morgan fingerprint density at radius 1 is 1.24 bits per heavy atom. The van der Waals surface area contributed by atoms with Crippen molar-refractivity contribution in [3.05, 3.63) is 0 Å². The van der Waals surface area contributed by atoms with Crippen molar-refractivity contribution in [1.29, 1.82) is 0 Å². The number of amides is 1. The lowest BCUT2D eigenvalue weighted by atomic mass is 9.92. The van der Waals surface area contributed by atoms with E-state index in [0.29, 0.717) is 12.0 Å². The summed E-state index contributed by atoms with van der Waals surface area (Å²) in [7, 11) is 0. The molecule has 2 unspecified atom stereocenters. The van der Waals surface area contributed by atoms with Crippen molar-refractivity contribution in [2.24, 2.45) is 11.8 Å². The monoisotopic (exact) mass is 283 g/mol. The molecule has 2 aliphatic rings. The van der Waals surface area contributed by atoms with Crippen molar-refractivity contribution in [3.8, 4) is 0 Å². The van der Waals surface area contributed by atoms with Crippen LogP contribution in [0.5, 0.6) is 0 Å². The summed E-state index contributed by atoms with van der Waals surface area (Å²) in [6, 6.07) is 0.311. The van der Waals surface area contributed by atoms with Crippen LogP contribution in [0.25, 0.3) is 0 Å². The third kappa shape index (κ3) is 4.62. The highest BCUT2D eigenvalue weighted by Crippen LogP contribution is 2.15. The molecule has 2 rings (SSSR count). The van der Waals surface area contributed by atoms with Gasteiger partial charge in [0.05, 0.1) is 5.92 Å². The predicted octanol–water partition coefficient (Wildman–Crippen LogP) is 0.554. The number of hydrogen-bond acceptors (Lipinski definition) is 3. The molecule has 2 fully saturated rings. The number of halogens is 2. The Kier molecular flexibility index (Phi) is 8.12. The summed E-state index contributed by atoms with van der Waals surface area (Å²) in [5.41, 5.74) is 0. The fourth-order valence-corrected chi connectivity index (χ4v) is 2.24. The molecule has 0 aromatic heterocycles. The number of carbonyl (C=O) groups excluding carboxylic acids is 1. The van der Waals surface area contributed by atoms with E-state index in [9.17, 15) is 4.79 Å². The van der Waals surface area contributed by atoms with Crippen LogP contribution in [0.4, 0.5) is 0 Å². The zero-order valence-electron chi connectivity index (χ0n) is 10.2. The van der Waals surface area contributed by atoms with E-state index in [0.717, 1.165) is 26.2 Å². The van der Waals surface area contributed by atoms with Crippen molar-refractivity contribution in [3.63, 3.8) is 0 Å². The molecule has 1 amide bonds. The number of hydrogen-bond donors (Lipinski definition) is 3. The molecule has 2 saturated heterocycles. The van der Waals surface area contributed by atoms with Crippen molar-refractivity contribution < 1.29 is 4.79 Å². The highest BCUT2D eigenvalue weighted by atomic mass is 35.5. The van der Waals surface area contributed by atoms with Gasteiger partial charge >= 0.3 is 0 Å². The highest BCUT2D eigenvalue weighted by molar-refractivity contribution is 5.85. The van der Waals surface area contributed by atoms with Gasteiger partial charge in [0.15, 0.2) is 0 Å². The van der Waals surface area contributed by atoms with Crippen molar-refractivity contribution in [1.82, 2.24) is 16.0 Å². The molecule has 2 atom stereocenters. The minimum atomic E-state index is 0. The van der Waals surface area contributed by atoms with E-state index in [2.05, 4.69) is 22.9 Å². The average molecular weight is 284 g/mol. The Morgan fingerprint density at radius 2 is 1.94 bits per heavy atom. The second-order valence-electron chi connectivity index (χ2n) is 4.76. The minimum Gasteiger partial charge on any atom is -0.353 e. The van der Waals surface area contributed by atoms with Crippen LogP contribution in [-0.2, 0) is 4.79 Å². The lowest BCUT2D eigenvalue weighted by molar-refractivity contribution is -0.127. The van der Waals surface area contributed by atoms with E-state index in [1.165, 1.54) is 12.8 Å².